The molecule has 6 nitrogen and oxygen atoms in total. The Kier molecular flexibility index (Phi) is 5.21. The Balaban J connectivity index is 1.38. The molecule has 8 heteroatoms. The molecule has 0 N–H and O–H groups in total. The Bertz CT molecular complexity index is 1400. The molecule has 0 aliphatic carbocycles. The van der Waals surface area contributed by atoms with Crippen LogP contribution in [0.5, 0.6) is 0 Å². The Morgan fingerprint density at radius 3 is 2.71 bits per heavy atom. The van der Waals surface area contributed by atoms with Crippen molar-refractivity contribution in [2.75, 3.05) is 38.6 Å². The topological polar surface area (TPSA) is 42.1 Å². The van der Waals surface area contributed by atoms with Crippen molar-refractivity contribution in [3.63, 3.8) is 0 Å². The summed E-state index contributed by atoms with van der Waals surface area (Å²) in [4.78, 5) is 9.25. The van der Waals surface area contributed by atoms with E-state index in [0.717, 1.165) is 42.6 Å². The maximum absolute atomic E-state index is 14.5. The van der Waals surface area contributed by atoms with Gasteiger partial charge in [-0.1, -0.05) is 6.92 Å². The summed E-state index contributed by atoms with van der Waals surface area (Å²) in [5.74, 6) is 0.797. The minimum Gasteiger partial charge on any atom is -0.371 e. The lowest BCUT2D eigenvalue weighted by atomic mass is 9.98. The summed E-state index contributed by atoms with van der Waals surface area (Å²) < 4.78 is 31.9. The Labute approximate surface area is 203 Å². The first-order valence-electron chi connectivity index (χ1n) is 12.0. The van der Waals surface area contributed by atoms with Crippen molar-refractivity contribution in [1.82, 2.24) is 24.2 Å². The van der Waals surface area contributed by atoms with E-state index in [1.165, 1.54) is 17.8 Å². The molecule has 2 atom stereocenters. The minimum absolute atomic E-state index is 0.366. The molecule has 35 heavy (non-hydrogen) atoms. The molecule has 180 valence electrons. The van der Waals surface area contributed by atoms with Gasteiger partial charge in [0.2, 0.25) is 0 Å². The van der Waals surface area contributed by atoms with Crippen LogP contribution in [0.4, 0.5) is 14.5 Å². The van der Waals surface area contributed by atoms with Crippen molar-refractivity contribution >= 4 is 5.69 Å². The number of nitrogens with zero attached hydrogens (tertiary/aromatic N) is 6. The van der Waals surface area contributed by atoms with Crippen LogP contribution in [0.2, 0.25) is 0 Å². The van der Waals surface area contributed by atoms with Crippen LogP contribution in [-0.2, 0) is 6.54 Å². The van der Waals surface area contributed by atoms with Gasteiger partial charge in [-0.15, -0.1) is 0 Å². The van der Waals surface area contributed by atoms with E-state index in [1.54, 1.807) is 6.33 Å². The van der Waals surface area contributed by atoms with Gasteiger partial charge in [0, 0.05) is 55.3 Å². The smallest absolute Gasteiger partial charge is 0.179 e. The van der Waals surface area contributed by atoms with Gasteiger partial charge in [-0.3, -0.25) is 0 Å². The second-order valence-electron chi connectivity index (χ2n) is 10.1. The zero-order valence-corrected chi connectivity index (χ0v) is 20.1. The van der Waals surface area contributed by atoms with Gasteiger partial charge in [-0.25, -0.2) is 18.4 Å². The zero-order chi connectivity index (χ0) is 24.3. The molecule has 4 heterocycles. The molecular weight excluding hydrogens is 446 g/mol. The molecule has 0 spiro atoms. The predicted molar refractivity (Wildman–Crippen MR) is 133 cm³/mol. The molecule has 0 radical (unpaired) electrons. The van der Waals surface area contributed by atoms with E-state index in [9.17, 15) is 8.78 Å². The van der Waals surface area contributed by atoms with Crippen LogP contribution in [0.1, 0.15) is 12.5 Å². The predicted octanol–water partition coefficient (Wildman–Crippen LogP) is 4.68. The molecule has 6 rings (SSSR count). The molecule has 0 unspecified atom stereocenters. The fourth-order valence-electron chi connectivity index (χ4n) is 5.53. The third kappa shape index (κ3) is 3.82. The van der Waals surface area contributed by atoms with Gasteiger partial charge in [-0.2, -0.15) is 5.10 Å². The van der Waals surface area contributed by atoms with Crippen LogP contribution in [0, 0.1) is 23.5 Å². The van der Waals surface area contributed by atoms with E-state index in [1.807, 2.05) is 16.9 Å². The highest BCUT2D eigenvalue weighted by Gasteiger charge is 2.31. The SMILES string of the molecule is C[C@H]1CN(c2ccc3c(c2)Cn2cc(-c4ccc(F)cc4F)cc2-c2ncnn2-3)C[C@H]1CN(C)C. The number of anilines is 1. The molecule has 0 amide bonds. The Hall–Kier alpha value is -3.52. The highest BCUT2D eigenvalue weighted by molar-refractivity contribution is 5.72. The molecule has 2 aliphatic rings. The molecule has 2 aliphatic heterocycles. The Morgan fingerprint density at radius 2 is 1.91 bits per heavy atom. The average Bonchev–Trinajstić information content (AvgIpc) is 3.51. The highest BCUT2D eigenvalue weighted by atomic mass is 19.1. The van der Waals surface area contributed by atoms with E-state index in [4.69, 9.17) is 0 Å². The summed E-state index contributed by atoms with van der Waals surface area (Å²) in [5, 5.41) is 4.50. The van der Waals surface area contributed by atoms with Crippen molar-refractivity contribution in [2.45, 2.75) is 13.5 Å². The highest BCUT2D eigenvalue weighted by Crippen LogP contribution is 2.36. The van der Waals surface area contributed by atoms with Crippen molar-refractivity contribution in [2.24, 2.45) is 11.8 Å². The van der Waals surface area contributed by atoms with Crippen LogP contribution in [0.25, 0.3) is 28.3 Å². The van der Waals surface area contributed by atoms with Crippen molar-refractivity contribution in [1.29, 1.82) is 0 Å². The van der Waals surface area contributed by atoms with Crippen LogP contribution < -0.4 is 4.90 Å². The number of fused-ring (bicyclic) bond motifs is 5. The molecule has 0 bridgehead atoms. The minimum atomic E-state index is -0.586. The van der Waals surface area contributed by atoms with E-state index < -0.39 is 11.6 Å². The van der Waals surface area contributed by atoms with Crippen molar-refractivity contribution in [3.05, 3.63) is 72.2 Å². The van der Waals surface area contributed by atoms with Gasteiger partial charge in [-0.05, 0) is 67.9 Å². The fourth-order valence-corrected chi connectivity index (χ4v) is 5.53. The van der Waals surface area contributed by atoms with E-state index in [-0.39, 0.29) is 0 Å². The molecule has 2 aromatic heterocycles. The lowest BCUT2D eigenvalue weighted by Crippen LogP contribution is -2.27. The molecule has 1 saturated heterocycles. The second kappa shape index (κ2) is 8.30. The molecule has 1 fully saturated rings. The summed E-state index contributed by atoms with van der Waals surface area (Å²) in [5.41, 5.74) is 5.23. The number of benzene rings is 2. The Morgan fingerprint density at radius 1 is 1.06 bits per heavy atom. The van der Waals surface area contributed by atoms with Gasteiger partial charge >= 0.3 is 0 Å². The van der Waals surface area contributed by atoms with Crippen molar-refractivity contribution < 1.29 is 8.78 Å². The first kappa shape index (κ1) is 22.0. The monoisotopic (exact) mass is 474 g/mol. The summed E-state index contributed by atoms with van der Waals surface area (Å²) in [6.45, 7) is 6.10. The maximum Gasteiger partial charge on any atom is 0.179 e. The van der Waals surface area contributed by atoms with Gasteiger partial charge < -0.3 is 14.4 Å². The van der Waals surface area contributed by atoms with Crippen LogP contribution in [0.15, 0.2) is 55.0 Å². The quantitative estimate of drug-likeness (QED) is 0.380. The molecule has 4 aromatic rings. The maximum atomic E-state index is 14.5. The second-order valence-corrected chi connectivity index (χ2v) is 10.1. The van der Waals surface area contributed by atoms with Crippen molar-refractivity contribution in [3.8, 4) is 28.3 Å². The largest absolute Gasteiger partial charge is 0.371 e. The third-order valence-corrected chi connectivity index (χ3v) is 7.28. The fraction of sp³-hybridized carbons (Fsp3) is 0.333. The molecular formula is C27H28F2N6. The lowest BCUT2D eigenvalue weighted by Gasteiger charge is -2.22. The number of halogens is 2. The molecule has 2 aromatic carbocycles. The van der Waals surface area contributed by atoms with Gasteiger partial charge in [0.05, 0.1) is 11.4 Å². The molecule has 0 saturated carbocycles. The number of rotatable bonds is 4. The van der Waals surface area contributed by atoms with Crippen LogP contribution >= 0.6 is 0 Å². The third-order valence-electron chi connectivity index (χ3n) is 7.28. The summed E-state index contributed by atoms with van der Waals surface area (Å²) >= 11 is 0. The zero-order valence-electron chi connectivity index (χ0n) is 20.1. The standard InChI is InChI=1S/C27H28F2N6/c1-17-11-33(15-20(17)12-32(2)3)22-5-7-25-19(8-22)14-34-13-18(23-6-4-21(28)10-24(23)29)9-26(34)27-30-16-31-35(25)27/h4-10,13,16-17,20H,11-12,14-15H2,1-3H3/t17-,20+/m0/s1. The summed E-state index contributed by atoms with van der Waals surface area (Å²) in [6, 6.07) is 12.1. The first-order chi connectivity index (χ1) is 16.9. The van der Waals surface area contributed by atoms with E-state index >= 15 is 0 Å². The van der Waals surface area contributed by atoms with Crippen LogP contribution in [0.3, 0.4) is 0 Å². The first-order valence-corrected chi connectivity index (χ1v) is 12.0. The average molecular weight is 475 g/mol. The lowest BCUT2D eigenvalue weighted by molar-refractivity contribution is 0.301. The number of hydrogen-bond donors (Lipinski definition) is 0. The number of hydrogen-bond acceptors (Lipinski definition) is 4. The van der Waals surface area contributed by atoms with Gasteiger partial charge in [0.25, 0.3) is 0 Å². The normalized spacial score (nSPS) is 19.0. The van der Waals surface area contributed by atoms with E-state index in [2.05, 4.69) is 63.7 Å². The van der Waals surface area contributed by atoms with E-state index in [0.29, 0.717) is 35.3 Å². The summed E-state index contributed by atoms with van der Waals surface area (Å²) in [7, 11) is 4.27. The van der Waals surface area contributed by atoms with Crippen LogP contribution in [-0.4, -0.2) is 58.0 Å². The van der Waals surface area contributed by atoms with Gasteiger partial charge in [0.15, 0.2) is 5.82 Å². The summed E-state index contributed by atoms with van der Waals surface area (Å²) in [6.07, 6.45) is 3.46. The number of aromatic nitrogens is 4. The van der Waals surface area contributed by atoms with Gasteiger partial charge in [0.1, 0.15) is 18.0 Å².